The van der Waals surface area contributed by atoms with Gasteiger partial charge in [0.05, 0.1) is 6.42 Å². The standard InChI is InChI=1S/C16H18N2O/c1-11-4-5-14(8-12(11)2)10-16(19)18-15-6-7-17-13(3)9-15/h4-9H,10H2,1-3H3,(H,17,18,19). The van der Waals surface area contributed by atoms with Crippen LogP contribution in [0, 0.1) is 20.8 Å². The summed E-state index contributed by atoms with van der Waals surface area (Å²) in [5, 5.41) is 2.89. The van der Waals surface area contributed by atoms with Crippen molar-refractivity contribution in [1.29, 1.82) is 0 Å². The molecule has 0 fully saturated rings. The fourth-order valence-electron chi connectivity index (χ4n) is 1.93. The highest BCUT2D eigenvalue weighted by Gasteiger charge is 2.05. The largest absolute Gasteiger partial charge is 0.326 e. The molecule has 0 unspecified atom stereocenters. The Morgan fingerprint density at radius 3 is 2.58 bits per heavy atom. The molecule has 3 nitrogen and oxygen atoms in total. The molecule has 1 amide bonds. The van der Waals surface area contributed by atoms with E-state index in [1.807, 2.05) is 19.1 Å². The molecule has 2 rings (SSSR count). The number of amides is 1. The minimum atomic E-state index is -0.00569. The second kappa shape index (κ2) is 5.65. The number of hydrogen-bond donors (Lipinski definition) is 1. The van der Waals surface area contributed by atoms with Crippen molar-refractivity contribution < 1.29 is 4.79 Å². The Hall–Kier alpha value is -2.16. The van der Waals surface area contributed by atoms with E-state index in [1.54, 1.807) is 12.3 Å². The molecule has 1 aromatic carbocycles. The highest BCUT2D eigenvalue weighted by molar-refractivity contribution is 5.92. The van der Waals surface area contributed by atoms with Crippen LogP contribution in [0.5, 0.6) is 0 Å². The van der Waals surface area contributed by atoms with Crippen LogP contribution in [-0.2, 0) is 11.2 Å². The van der Waals surface area contributed by atoms with Gasteiger partial charge in [0.25, 0.3) is 0 Å². The van der Waals surface area contributed by atoms with Crippen LogP contribution >= 0.6 is 0 Å². The van der Waals surface area contributed by atoms with Crippen LogP contribution in [0.3, 0.4) is 0 Å². The summed E-state index contributed by atoms with van der Waals surface area (Å²) in [6.07, 6.45) is 2.09. The maximum absolute atomic E-state index is 12.0. The lowest BCUT2D eigenvalue weighted by Gasteiger charge is -2.07. The number of hydrogen-bond acceptors (Lipinski definition) is 2. The molecule has 3 heteroatoms. The average Bonchev–Trinajstić information content (AvgIpc) is 2.34. The quantitative estimate of drug-likeness (QED) is 0.914. The van der Waals surface area contributed by atoms with E-state index in [1.165, 1.54) is 11.1 Å². The molecule has 1 heterocycles. The van der Waals surface area contributed by atoms with Crippen molar-refractivity contribution in [2.24, 2.45) is 0 Å². The van der Waals surface area contributed by atoms with E-state index in [0.717, 1.165) is 16.9 Å². The fourth-order valence-corrected chi connectivity index (χ4v) is 1.93. The van der Waals surface area contributed by atoms with E-state index in [4.69, 9.17) is 0 Å². The van der Waals surface area contributed by atoms with Crippen LogP contribution in [-0.4, -0.2) is 10.9 Å². The lowest BCUT2D eigenvalue weighted by molar-refractivity contribution is -0.115. The first kappa shape index (κ1) is 13.3. The van der Waals surface area contributed by atoms with Crippen molar-refractivity contribution in [2.75, 3.05) is 5.32 Å². The van der Waals surface area contributed by atoms with Gasteiger partial charge in [-0.15, -0.1) is 0 Å². The molecule has 1 aromatic heterocycles. The third-order valence-electron chi connectivity index (χ3n) is 3.12. The van der Waals surface area contributed by atoms with Gasteiger partial charge in [-0.05, 0) is 49.6 Å². The highest BCUT2D eigenvalue weighted by atomic mass is 16.1. The van der Waals surface area contributed by atoms with E-state index in [-0.39, 0.29) is 5.91 Å². The van der Waals surface area contributed by atoms with Crippen molar-refractivity contribution in [3.8, 4) is 0 Å². The average molecular weight is 254 g/mol. The summed E-state index contributed by atoms with van der Waals surface area (Å²) in [4.78, 5) is 16.1. The molecule has 0 saturated heterocycles. The first-order valence-electron chi connectivity index (χ1n) is 6.33. The van der Waals surface area contributed by atoms with Crippen LogP contribution in [0.15, 0.2) is 36.5 Å². The third-order valence-corrected chi connectivity index (χ3v) is 3.12. The van der Waals surface area contributed by atoms with Crippen molar-refractivity contribution in [1.82, 2.24) is 4.98 Å². The molecule has 2 aromatic rings. The number of pyridine rings is 1. The van der Waals surface area contributed by atoms with Crippen molar-refractivity contribution >= 4 is 11.6 Å². The smallest absolute Gasteiger partial charge is 0.228 e. The van der Waals surface area contributed by atoms with Crippen LogP contribution in [0.25, 0.3) is 0 Å². The van der Waals surface area contributed by atoms with E-state index >= 15 is 0 Å². The van der Waals surface area contributed by atoms with Crippen LogP contribution in [0.4, 0.5) is 5.69 Å². The van der Waals surface area contributed by atoms with Gasteiger partial charge >= 0.3 is 0 Å². The predicted molar refractivity (Wildman–Crippen MR) is 77.2 cm³/mol. The second-order valence-electron chi connectivity index (χ2n) is 4.83. The van der Waals surface area contributed by atoms with E-state index in [0.29, 0.717) is 6.42 Å². The number of carbonyl (C=O) groups is 1. The molecule has 0 spiro atoms. The van der Waals surface area contributed by atoms with Gasteiger partial charge in [-0.3, -0.25) is 9.78 Å². The molecule has 1 N–H and O–H groups in total. The van der Waals surface area contributed by atoms with Gasteiger partial charge in [0.1, 0.15) is 0 Å². The number of nitrogens with zero attached hydrogens (tertiary/aromatic N) is 1. The SMILES string of the molecule is Cc1cc(NC(=O)Cc2ccc(C)c(C)c2)ccn1. The summed E-state index contributed by atoms with van der Waals surface area (Å²) in [6.45, 7) is 6.03. The van der Waals surface area contributed by atoms with Gasteiger partial charge < -0.3 is 5.32 Å². The maximum atomic E-state index is 12.0. The minimum absolute atomic E-state index is 0.00569. The molecular weight excluding hydrogens is 236 g/mol. The third kappa shape index (κ3) is 3.65. The van der Waals surface area contributed by atoms with Gasteiger partial charge in [-0.25, -0.2) is 0 Å². The lowest BCUT2D eigenvalue weighted by atomic mass is 10.0. The Labute approximate surface area is 113 Å². The Morgan fingerprint density at radius 1 is 1.11 bits per heavy atom. The normalized spacial score (nSPS) is 10.3. The topological polar surface area (TPSA) is 42.0 Å². The molecule has 0 saturated carbocycles. The molecule has 0 aliphatic rings. The molecule has 19 heavy (non-hydrogen) atoms. The van der Waals surface area contributed by atoms with Gasteiger partial charge in [0.2, 0.25) is 5.91 Å². The molecule has 0 aliphatic carbocycles. The van der Waals surface area contributed by atoms with Crippen LogP contribution in [0.2, 0.25) is 0 Å². The molecular formula is C16H18N2O. The minimum Gasteiger partial charge on any atom is -0.326 e. The zero-order valence-corrected chi connectivity index (χ0v) is 11.5. The lowest BCUT2D eigenvalue weighted by Crippen LogP contribution is -2.14. The molecule has 0 atom stereocenters. The first-order valence-corrected chi connectivity index (χ1v) is 6.33. The molecule has 0 aliphatic heterocycles. The Bertz CT molecular complexity index is 605. The van der Waals surface area contributed by atoms with Crippen LogP contribution in [0.1, 0.15) is 22.4 Å². The van der Waals surface area contributed by atoms with Crippen LogP contribution < -0.4 is 5.32 Å². The van der Waals surface area contributed by atoms with Gasteiger partial charge in [-0.2, -0.15) is 0 Å². The number of carbonyl (C=O) groups excluding carboxylic acids is 1. The van der Waals surface area contributed by atoms with Gasteiger partial charge in [0.15, 0.2) is 0 Å². The molecule has 0 bridgehead atoms. The van der Waals surface area contributed by atoms with Gasteiger partial charge in [0, 0.05) is 17.6 Å². The summed E-state index contributed by atoms with van der Waals surface area (Å²) in [5.41, 5.74) is 5.18. The van der Waals surface area contributed by atoms with E-state index in [2.05, 4.69) is 36.3 Å². The second-order valence-corrected chi connectivity index (χ2v) is 4.83. The number of benzene rings is 1. The number of aryl methyl sites for hydroxylation is 3. The first-order chi connectivity index (χ1) is 9.04. The number of rotatable bonds is 3. The molecule has 98 valence electrons. The van der Waals surface area contributed by atoms with Crippen molar-refractivity contribution in [3.63, 3.8) is 0 Å². The monoisotopic (exact) mass is 254 g/mol. The Balaban J connectivity index is 2.03. The number of nitrogens with one attached hydrogen (secondary N) is 1. The summed E-state index contributed by atoms with van der Waals surface area (Å²) < 4.78 is 0. The number of aromatic nitrogens is 1. The summed E-state index contributed by atoms with van der Waals surface area (Å²) in [7, 11) is 0. The summed E-state index contributed by atoms with van der Waals surface area (Å²) >= 11 is 0. The predicted octanol–water partition coefficient (Wildman–Crippen LogP) is 3.19. The molecule has 0 radical (unpaired) electrons. The number of anilines is 1. The highest BCUT2D eigenvalue weighted by Crippen LogP contribution is 2.12. The zero-order chi connectivity index (χ0) is 13.8. The maximum Gasteiger partial charge on any atom is 0.228 e. The van der Waals surface area contributed by atoms with Gasteiger partial charge in [-0.1, -0.05) is 18.2 Å². The Morgan fingerprint density at radius 2 is 1.89 bits per heavy atom. The zero-order valence-electron chi connectivity index (χ0n) is 11.5. The Kier molecular flexibility index (Phi) is 3.95. The van der Waals surface area contributed by atoms with E-state index in [9.17, 15) is 4.79 Å². The fraction of sp³-hybridized carbons (Fsp3) is 0.250. The summed E-state index contributed by atoms with van der Waals surface area (Å²) in [5.74, 6) is -0.00569. The summed E-state index contributed by atoms with van der Waals surface area (Å²) in [6, 6.07) is 9.77. The van der Waals surface area contributed by atoms with Crippen molar-refractivity contribution in [2.45, 2.75) is 27.2 Å². The van der Waals surface area contributed by atoms with E-state index < -0.39 is 0 Å². The van der Waals surface area contributed by atoms with Crippen molar-refractivity contribution in [3.05, 3.63) is 58.9 Å².